The summed E-state index contributed by atoms with van der Waals surface area (Å²) in [5.41, 5.74) is 3.06. The Kier molecular flexibility index (Phi) is 3.47. The summed E-state index contributed by atoms with van der Waals surface area (Å²) in [5.74, 6) is 0. The van der Waals surface area contributed by atoms with Gasteiger partial charge >= 0.3 is 0 Å². The number of aromatic nitrogens is 1. The normalized spacial score (nSPS) is 17.9. The predicted molar refractivity (Wildman–Crippen MR) is 75.4 cm³/mol. The molecule has 1 atom stereocenters. The maximum atomic E-state index is 5.87. The van der Waals surface area contributed by atoms with E-state index in [4.69, 9.17) is 16.4 Å². The minimum absolute atomic E-state index is 0.0700. The van der Waals surface area contributed by atoms with E-state index in [-0.39, 0.29) is 6.10 Å². The van der Waals surface area contributed by atoms with E-state index in [9.17, 15) is 0 Å². The number of rotatable bonds is 3. The summed E-state index contributed by atoms with van der Waals surface area (Å²) >= 11 is 5.87. The van der Waals surface area contributed by atoms with Gasteiger partial charge in [-0.05, 0) is 29.8 Å². The number of hydrogen-bond acceptors (Lipinski definition) is 3. The predicted octanol–water partition coefficient (Wildman–Crippen LogP) is 3.47. The highest BCUT2D eigenvalue weighted by Crippen LogP contribution is 2.20. The number of nitrogens with zero attached hydrogens (tertiary/aromatic N) is 2. The van der Waals surface area contributed by atoms with Gasteiger partial charge in [0, 0.05) is 29.8 Å². The van der Waals surface area contributed by atoms with Crippen molar-refractivity contribution in [1.29, 1.82) is 0 Å². The van der Waals surface area contributed by atoms with E-state index >= 15 is 0 Å². The Morgan fingerprint density at radius 1 is 1.16 bits per heavy atom. The van der Waals surface area contributed by atoms with Gasteiger partial charge in [-0.2, -0.15) is 0 Å². The molecule has 3 rings (SSSR count). The van der Waals surface area contributed by atoms with Crippen molar-refractivity contribution in [2.45, 2.75) is 18.9 Å². The van der Waals surface area contributed by atoms with Crippen LogP contribution in [-0.2, 0) is 11.3 Å². The van der Waals surface area contributed by atoms with Crippen LogP contribution < -0.4 is 0 Å². The number of hydrogen-bond donors (Lipinski definition) is 0. The highest BCUT2D eigenvalue weighted by molar-refractivity contribution is 6.30. The lowest BCUT2D eigenvalue weighted by atomic mass is 10.0. The van der Waals surface area contributed by atoms with Gasteiger partial charge < -0.3 is 4.84 Å². The molecule has 0 saturated heterocycles. The summed E-state index contributed by atoms with van der Waals surface area (Å²) in [6, 6.07) is 13.6. The van der Waals surface area contributed by atoms with Crippen molar-refractivity contribution in [3.63, 3.8) is 0 Å². The zero-order valence-electron chi connectivity index (χ0n) is 10.3. The van der Waals surface area contributed by atoms with Gasteiger partial charge in [0.25, 0.3) is 0 Å². The zero-order valence-corrected chi connectivity index (χ0v) is 11.0. The Hall–Kier alpha value is -1.87. The Morgan fingerprint density at radius 3 is 2.74 bits per heavy atom. The van der Waals surface area contributed by atoms with E-state index in [2.05, 4.69) is 10.1 Å². The topological polar surface area (TPSA) is 34.5 Å². The molecule has 4 heteroatoms. The third kappa shape index (κ3) is 2.93. The zero-order chi connectivity index (χ0) is 13.1. The molecule has 3 nitrogen and oxygen atoms in total. The van der Waals surface area contributed by atoms with E-state index in [1.54, 1.807) is 6.20 Å². The fourth-order valence-corrected chi connectivity index (χ4v) is 2.23. The van der Waals surface area contributed by atoms with Crippen molar-refractivity contribution in [2.75, 3.05) is 0 Å². The third-order valence-corrected chi connectivity index (χ3v) is 3.33. The highest BCUT2D eigenvalue weighted by atomic mass is 35.5. The number of halogens is 1. The standard InChI is InChI=1S/C15H13ClN2O/c16-12-6-4-11(5-7-12)15-10-14(19-18-15)9-13-3-1-2-8-17-13/h1-8,14H,9-10H2. The lowest BCUT2D eigenvalue weighted by molar-refractivity contribution is 0.0852. The average molecular weight is 273 g/mol. The Morgan fingerprint density at radius 2 is 2.00 bits per heavy atom. The van der Waals surface area contributed by atoms with Crippen LogP contribution in [0, 0.1) is 0 Å². The van der Waals surface area contributed by atoms with Crippen LogP contribution >= 0.6 is 11.6 Å². The Bertz CT molecular complexity index is 581. The first kappa shape index (κ1) is 12.2. The van der Waals surface area contributed by atoms with Crippen LogP contribution in [-0.4, -0.2) is 16.8 Å². The van der Waals surface area contributed by atoms with Gasteiger partial charge in [-0.15, -0.1) is 0 Å². The Balaban J connectivity index is 1.65. The second-order valence-corrected chi connectivity index (χ2v) is 4.94. The smallest absolute Gasteiger partial charge is 0.138 e. The SMILES string of the molecule is Clc1ccc(C2=NOC(Cc3ccccn3)C2)cc1. The van der Waals surface area contributed by atoms with Crippen LogP contribution in [0.5, 0.6) is 0 Å². The van der Waals surface area contributed by atoms with Crippen molar-refractivity contribution in [3.05, 3.63) is 64.9 Å². The van der Waals surface area contributed by atoms with Gasteiger partial charge in [0.1, 0.15) is 6.10 Å². The molecule has 0 bridgehead atoms. The van der Waals surface area contributed by atoms with Crippen molar-refractivity contribution in [2.24, 2.45) is 5.16 Å². The molecule has 0 spiro atoms. The van der Waals surface area contributed by atoms with Gasteiger partial charge in [0.15, 0.2) is 0 Å². The summed E-state index contributed by atoms with van der Waals surface area (Å²) in [5, 5.41) is 4.89. The summed E-state index contributed by atoms with van der Waals surface area (Å²) in [7, 11) is 0. The molecule has 19 heavy (non-hydrogen) atoms. The van der Waals surface area contributed by atoms with E-state index in [0.29, 0.717) is 0 Å². The largest absolute Gasteiger partial charge is 0.391 e. The molecule has 0 amide bonds. The minimum Gasteiger partial charge on any atom is -0.391 e. The average Bonchev–Trinajstić information content (AvgIpc) is 2.89. The summed E-state index contributed by atoms with van der Waals surface area (Å²) in [6.45, 7) is 0. The van der Waals surface area contributed by atoms with Gasteiger partial charge in [0.2, 0.25) is 0 Å². The van der Waals surface area contributed by atoms with E-state index < -0.39 is 0 Å². The number of pyridine rings is 1. The molecule has 96 valence electrons. The lowest BCUT2D eigenvalue weighted by Crippen LogP contribution is -2.12. The van der Waals surface area contributed by atoms with Crippen molar-refractivity contribution >= 4 is 17.3 Å². The van der Waals surface area contributed by atoms with Crippen molar-refractivity contribution < 1.29 is 4.84 Å². The molecular formula is C15H13ClN2O. The fourth-order valence-electron chi connectivity index (χ4n) is 2.10. The molecular weight excluding hydrogens is 260 g/mol. The molecule has 0 radical (unpaired) electrons. The first-order valence-corrected chi connectivity index (χ1v) is 6.57. The third-order valence-electron chi connectivity index (χ3n) is 3.07. The van der Waals surface area contributed by atoms with Gasteiger partial charge in [0.05, 0.1) is 5.71 Å². The monoisotopic (exact) mass is 272 g/mol. The second kappa shape index (κ2) is 5.41. The van der Waals surface area contributed by atoms with E-state index in [0.717, 1.165) is 34.8 Å². The van der Waals surface area contributed by atoms with Crippen LogP contribution in [0.4, 0.5) is 0 Å². The fraction of sp³-hybridized carbons (Fsp3) is 0.200. The first-order valence-electron chi connectivity index (χ1n) is 6.20. The van der Waals surface area contributed by atoms with Crippen LogP contribution in [0.15, 0.2) is 53.8 Å². The highest BCUT2D eigenvalue weighted by Gasteiger charge is 2.22. The molecule has 0 aliphatic carbocycles. The maximum absolute atomic E-state index is 5.87. The van der Waals surface area contributed by atoms with Crippen LogP contribution in [0.1, 0.15) is 17.7 Å². The molecule has 1 aliphatic heterocycles. The minimum atomic E-state index is 0.0700. The summed E-state index contributed by atoms with van der Waals surface area (Å²) in [4.78, 5) is 9.77. The summed E-state index contributed by atoms with van der Waals surface area (Å²) < 4.78 is 0. The number of benzene rings is 1. The second-order valence-electron chi connectivity index (χ2n) is 4.50. The molecule has 1 aliphatic rings. The van der Waals surface area contributed by atoms with Crippen molar-refractivity contribution in [3.8, 4) is 0 Å². The van der Waals surface area contributed by atoms with E-state index in [1.807, 2.05) is 42.5 Å². The molecule has 1 unspecified atom stereocenters. The molecule has 2 aromatic rings. The van der Waals surface area contributed by atoms with Gasteiger partial charge in [-0.3, -0.25) is 4.98 Å². The van der Waals surface area contributed by atoms with Crippen LogP contribution in [0.25, 0.3) is 0 Å². The Labute approximate surface area is 116 Å². The molecule has 1 aromatic carbocycles. The molecule has 2 heterocycles. The van der Waals surface area contributed by atoms with Crippen LogP contribution in [0.3, 0.4) is 0 Å². The van der Waals surface area contributed by atoms with Crippen LogP contribution in [0.2, 0.25) is 5.02 Å². The summed E-state index contributed by atoms with van der Waals surface area (Å²) in [6.07, 6.45) is 3.45. The van der Waals surface area contributed by atoms with Crippen molar-refractivity contribution in [1.82, 2.24) is 4.98 Å². The lowest BCUT2D eigenvalue weighted by Gasteiger charge is -2.06. The van der Waals surface area contributed by atoms with Gasteiger partial charge in [-0.25, -0.2) is 0 Å². The number of oxime groups is 1. The quantitative estimate of drug-likeness (QED) is 0.857. The molecule has 0 N–H and O–H groups in total. The molecule has 0 saturated carbocycles. The van der Waals surface area contributed by atoms with E-state index in [1.165, 1.54) is 0 Å². The molecule has 0 fully saturated rings. The van der Waals surface area contributed by atoms with Gasteiger partial charge in [-0.1, -0.05) is 35.0 Å². The maximum Gasteiger partial charge on any atom is 0.138 e. The molecule has 1 aromatic heterocycles. The first-order chi connectivity index (χ1) is 9.31.